The number of halogens is 1. The highest BCUT2D eigenvalue weighted by Crippen LogP contribution is 2.32. The number of nitrogens with zero attached hydrogens (tertiary/aromatic N) is 1. The molecular weight excluding hydrogens is 376 g/mol. The number of carbonyl (C=O) groups is 2. The minimum absolute atomic E-state index is 0.0756. The molecule has 5 nitrogen and oxygen atoms in total. The third kappa shape index (κ3) is 4.04. The molecule has 1 aliphatic rings. The predicted molar refractivity (Wildman–Crippen MR) is 111 cm³/mol. The number of amides is 2. The highest BCUT2D eigenvalue weighted by Gasteiger charge is 2.40. The van der Waals surface area contributed by atoms with E-state index < -0.39 is 0 Å². The first-order chi connectivity index (χ1) is 13.3. The molecule has 0 bridgehead atoms. The lowest BCUT2D eigenvalue weighted by Crippen LogP contribution is -2.38. The molecule has 0 aliphatic carbocycles. The summed E-state index contributed by atoms with van der Waals surface area (Å²) in [6, 6.07) is 13.9. The van der Waals surface area contributed by atoms with Gasteiger partial charge in [0.15, 0.2) is 0 Å². The summed E-state index contributed by atoms with van der Waals surface area (Å²) >= 11 is 5.97. The highest BCUT2D eigenvalue weighted by atomic mass is 35.5. The Morgan fingerprint density at radius 2 is 1.50 bits per heavy atom. The number of benzene rings is 2. The molecule has 2 amide bonds. The van der Waals surface area contributed by atoms with E-state index in [1.54, 1.807) is 24.3 Å². The number of anilines is 1. The van der Waals surface area contributed by atoms with E-state index in [-0.39, 0.29) is 29.7 Å². The second-order valence-electron chi connectivity index (χ2n) is 7.15. The second kappa shape index (κ2) is 8.07. The quantitative estimate of drug-likeness (QED) is 0.715. The lowest BCUT2D eigenvalue weighted by Gasteiger charge is -2.19. The first kappa shape index (κ1) is 20.0. The molecule has 1 heterocycles. The molecule has 0 atom stereocenters. The Morgan fingerprint density at radius 3 is 2.04 bits per heavy atom. The maximum Gasteiger partial charge on any atom is 0.278 e. The summed E-state index contributed by atoms with van der Waals surface area (Å²) in [5, 5.41) is 3.70. The molecule has 2 aromatic carbocycles. The van der Waals surface area contributed by atoms with E-state index in [1.165, 1.54) is 4.90 Å². The molecule has 1 N–H and O–H groups in total. The molecule has 1 aliphatic heterocycles. The van der Waals surface area contributed by atoms with Crippen LogP contribution in [0.5, 0.6) is 5.75 Å². The zero-order chi connectivity index (χ0) is 20.4. The van der Waals surface area contributed by atoms with Crippen LogP contribution in [-0.2, 0) is 9.59 Å². The van der Waals surface area contributed by atoms with Crippen molar-refractivity contribution >= 4 is 34.7 Å². The largest absolute Gasteiger partial charge is 0.491 e. The zero-order valence-corrected chi connectivity index (χ0v) is 17.1. The maximum absolute atomic E-state index is 13.0. The number of hydrogen-bond donors (Lipinski definition) is 1. The van der Waals surface area contributed by atoms with Gasteiger partial charge < -0.3 is 10.1 Å². The monoisotopic (exact) mass is 398 g/mol. The van der Waals surface area contributed by atoms with Crippen molar-refractivity contribution in [3.05, 3.63) is 64.8 Å². The molecular formula is C22H23ClN2O3. The summed E-state index contributed by atoms with van der Waals surface area (Å²) in [5.74, 6) is 0.0853. The summed E-state index contributed by atoms with van der Waals surface area (Å²) in [5.41, 5.74) is 1.95. The van der Waals surface area contributed by atoms with Crippen molar-refractivity contribution in [3.63, 3.8) is 0 Å². The number of rotatable bonds is 6. The number of nitrogens with one attached hydrogen (secondary N) is 1. The van der Waals surface area contributed by atoms with Gasteiger partial charge in [0.1, 0.15) is 11.4 Å². The summed E-state index contributed by atoms with van der Waals surface area (Å²) in [6.07, 6.45) is 0.0756. The lowest BCUT2D eigenvalue weighted by molar-refractivity contribution is -0.138. The Balaban J connectivity index is 1.98. The van der Waals surface area contributed by atoms with Crippen LogP contribution in [0.15, 0.2) is 54.2 Å². The molecule has 3 rings (SSSR count). The van der Waals surface area contributed by atoms with Crippen molar-refractivity contribution in [3.8, 4) is 5.75 Å². The fourth-order valence-corrected chi connectivity index (χ4v) is 3.18. The van der Waals surface area contributed by atoms with Gasteiger partial charge in [0.2, 0.25) is 0 Å². The summed E-state index contributed by atoms with van der Waals surface area (Å²) in [6.45, 7) is 7.55. The molecule has 0 spiro atoms. The van der Waals surface area contributed by atoms with Crippen LogP contribution in [-0.4, -0.2) is 28.9 Å². The Hall–Kier alpha value is -2.79. The number of carbonyl (C=O) groups excluding carboxylic acids is 2. The third-order valence-electron chi connectivity index (χ3n) is 4.26. The van der Waals surface area contributed by atoms with Crippen LogP contribution in [0.2, 0.25) is 5.02 Å². The Bertz CT molecular complexity index is 916. The van der Waals surface area contributed by atoms with Gasteiger partial charge in [0.25, 0.3) is 11.8 Å². The van der Waals surface area contributed by atoms with Gasteiger partial charge in [-0.2, -0.15) is 0 Å². The predicted octanol–water partition coefficient (Wildman–Crippen LogP) is 4.73. The van der Waals surface area contributed by atoms with Crippen LogP contribution < -0.4 is 10.1 Å². The van der Waals surface area contributed by atoms with E-state index in [0.29, 0.717) is 21.8 Å². The molecule has 6 heteroatoms. The number of hydrogen-bond acceptors (Lipinski definition) is 4. The molecule has 146 valence electrons. The number of ether oxygens (including phenoxy) is 1. The van der Waals surface area contributed by atoms with Crippen molar-refractivity contribution in [1.29, 1.82) is 0 Å². The van der Waals surface area contributed by atoms with Gasteiger partial charge in [-0.15, -0.1) is 0 Å². The molecule has 28 heavy (non-hydrogen) atoms. The van der Waals surface area contributed by atoms with Crippen LogP contribution in [0, 0.1) is 0 Å². The van der Waals surface area contributed by atoms with Gasteiger partial charge in [-0.3, -0.25) is 14.5 Å². The third-order valence-corrected chi connectivity index (χ3v) is 4.51. The van der Waals surface area contributed by atoms with Crippen LogP contribution >= 0.6 is 11.6 Å². The summed E-state index contributed by atoms with van der Waals surface area (Å²) < 4.78 is 5.65. The van der Waals surface area contributed by atoms with Gasteiger partial charge in [0.05, 0.1) is 11.7 Å². The van der Waals surface area contributed by atoms with E-state index >= 15 is 0 Å². The van der Waals surface area contributed by atoms with Gasteiger partial charge in [-0.25, -0.2) is 0 Å². The molecule has 0 radical (unpaired) electrons. The van der Waals surface area contributed by atoms with Crippen LogP contribution in [0.1, 0.15) is 33.3 Å². The summed E-state index contributed by atoms with van der Waals surface area (Å²) in [4.78, 5) is 27.2. The maximum atomic E-state index is 13.0. The normalized spacial score (nSPS) is 14.5. The molecule has 0 saturated carbocycles. The first-order valence-corrected chi connectivity index (χ1v) is 9.57. The van der Waals surface area contributed by atoms with Crippen molar-refractivity contribution in [2.75, 3.05) is 5.32 Å². The fraction of sp³-hybridized carbons (Fsp3) is 0.273. The van der Waals surface area contributed by atoms with E-state index in [2.05, 4.69) is 5.32 Å². The van der Waals surface area contributed by atoms with Crippen LogP contribution in [0.25, 0.3) is 5.57 Å². The van der Waals surface area contributed by atoms with E-state index in [4.69, 9.17) is 16.3 Å². The van der Waals surface area contributed by atoms with E-state index in [9.17, 15) is 9.59 Å². The average molecular weight is 399 g/mol. The molecule has 0 saturated heterocycles. The first-order valence-electron chi connectivity index (χ1n) is 9.19. The Kier molecular flexibility index (Phi) is 5.75. The minimum Gasteiger partial charge on any atom is -0.491 e. The van der Waals surface area contributed by atoms with Crippen molar-refractivity contribution in [1.82, 2.24) is 4.90 Å². The van der Waals surface area contributed by atoms with Crippen molar-refractivity contribution < 1.29 is 14.3 Å². The van der Waals surface area contributed by atoms with Crippen molar-refractivity contribution in [2.24, 2.45) is 0 Å². The SMILES string of the molecule is CC(C)Oc1ccc(NC2=C(c3ccc(Cl)cc3)C(=O)N(C(C)C)C2=O)cc1. The smallest absolute Gasteiger partial charge is 0.278 e. The molecule has 0 aromatic heterocycles. The molecule has 2 aromatic rings. The van der Waals surface area contributed by atoms with Gasteiger partial charge in [-0.05, 0) is 69.7 Å². The van der Waals surface area contributed by atoms with Crippen molar-refractivity contribution in [2.45, 2.75) is 39.8 Å². The van der Waals surface area contributed by atoms with Crippen LogP contribution in [0.3, 0.4) is 0 Å². The van der Waals surface area contributed by atoms with Gasteiger partial charge >= 0.3 is 0 Å². The van der Waals surface area contributed by atoms with Crippen LogP contribution in [0.4, 0.5) is 5.69 Å². The Labute approximate surface area is 169 Å². The minimum atomic E-state index is -0.340. The van der Waals surface area contributed by atoms with E-state index in [0.717, 1.165) is 5.75 Å². The standard InChI is InChI=1S/C22H23ClN2O3/c1-13(2)25-21(26)19(15-5-7-16(23)8-6-15)20(22(25)27)24-17-9-11-18(12-10-17)28-14(3)4/h5-14,24H,1-4H3. The van der Waals surface area contributed by atoms with E-state index in [1.807, 2.05) is 52.0 Å². The average Bonchev–Trinajstić information content (AvgIpc) is 2.87. The number of imide groups is 1. The van der Waals surface area contributed by atoms with Gasteiger partial charge in [0, 0.05) is 16.8 Å². The summed E-state index contributed by atoms with van der Waals surface area (Å²) in [7, 11) is 0. The molecule has 0 fully saturated rings. The highest BCUT2D eigenvalue weighted by molar-refractivity contribution is 6.37. The Morgan fingerprint density at radius 1 is 0.893 bits per heavy atom. The second-order valence-corrected chi connectivity index (χ2v) is 7.58. The van der Waals surface area contributed by atoms with Gasteiger partial charge in [-0.1, -0.05) is 23.7 Å². The lowest BCUT2D eigenvalue weighted by atomic mass is 10.0. The topological polar surface area (TPSA) is 58.6 Å². The fourth-order valence-electron chi connectivity index (χ4n) is 3.05. The zero-order valence-electron chi connectivity index (χ0n) is 16.3. The molecule has 0 unspecified atom stereocenters.